The van der Waals surface area contributed by atoms with E-state index >= 15 is 0 Å². The zero-order valence-corrected chi connectivity index (χ0v) is 20.5. The highest BCUT2D eigenvalue weighted by Gasteiger charge is 2.13. The molecule has 1 heterocycles. The van der Waals surface area contributed by atoms with E-state index in [1.165, 1.54) is 15.3 Å². The van der Waals surface area contributed by atoms with Gasteiger partial charge in [-0.25, -0.2) is 5.43 Å². The quantitative estimate of drug-likeness (QED) is 0.121. The number of aromatic nitrogens is 3. The molecule has 0 aliphatic carbocycles. The number of hydrogen-bond acceptors (Lipinski definition) is 7. The van der Waals surface area contributed by atoms with Crippen LogP contribution < -0.4 is 15.5 Å². The lowest BCUT2D eigenvalue weighted by molar-refractivity contribution is -0.118. The number of anilines is 1. The molecule has 0 fully saturated rings. The molecule has 0 saturated heterocycles. The molecule has 0 spiro atoms. The number of nitrogens with zero attached hydrogens (tertiary/aromatic N) is 4. The minimum absolute atomic E-state index is 0.156. The van der Waals surface area contributed by atoms with E-state index in [0.29, 0.717) is 24.0 Å². The van der Waals surface area contributed by atoms with Crippen LogP contribution in [0.5, 0.6) is 5.75 Å². The maximum absolute atomic E-state index is 12.2. The summed E-state index contributed by atoms with van der Waals surface area (Å²) in [6, 6.07) is 15.5. The van der Waals surface area contributed by atoms with Crippen LogP contribution >= 0.6 is 34.4 Å². The van der Waals surface area contributed by atoms with Crippen LogP contribution in [0.25, 0.3) is 0 Å². The number of hydrazone groups is 1. The fourth-order valence-corrected chi connectivity index (χ4v) is 3.85. The Morgan fingerprint density at radius 1 is 1.25 bits per heavy atom. The van der Waals surface area contributed by atoms with Gasteiger partial charge in [-0.1, -0.05) is 30.0 Å². The van der Waals surface area contributed by atoms with E-state index < -0.39 is 0 Å². The predicted octanol–water partition coefficient (Wildman–Crippen LogP) is 3.93. The second kappa shape index (κ2) is 12.2. The van der Waals surface area contributed by atoms with Crippen molar-refractivity contribution in [2.24, 2.45) is 5.10 Å². The van der Waals surface area contributed by atoms with Gasteiger partial charge in [-0.05, 0) is 59.0 Å². The summed E-state index contributed by atoms with van der Waals surface area (Å²) in [4.78, 5) is 12.2. The first-order valence-corrected chi connectivity index (χ1v) is 11.8. The SMILES string of the molecule is C=CCn1c(CNc2ccc(I)cc2)nnc1SCC(=O)NN=Cc1ccccc1OC. The molecule has 1 aromatic heterocycles. The lowest BCUT2D eigenvalue weighted by Crippen LogP contribution is -2.20. The molecule has 166 valence electrons. The van der Waals surface area contributed by atoms with Crippen LogP contribution in [-0.2, 0) is 17.9 Å². The molecule has 10 heteroatoms. The summed E-state index contributed by atoms with van der Waals surface area (Å²) < 4.78 is 8.37. The van der Waals surface area contributed by atoms with Crippen molar-refractivity contribution in [3.63, 3.8) is 0 Å². The van der Waals surface area contributed by atoms with Gasteiger partial charge in [0.05, 0.1) is 25.6 Å². The van der Waals surface area contributed by atoms with Crippen molar-refractivity contribution in [1.29, 1.82) is 0 Å². The average molecular weight is 562 g/mol. The lowest BCUT2D eigenvalue weighted by atomic mass is 10.2. The molecule has 32 heavy (non-hydrogen) atoms. The molecule has 0 radical (unpaired) electrons. The summed E-state index contributed by atoms with van der Waals surface area (Å²) in [5, 5.41) is 16.5. The Morgan fingerprint density at radius 2 is 2.03 bits per heavy atom. The minimum Gasteiger partial charge on any atom is -0.496 e. The summed E-state index contributed by atoms with van der Waals surface area (Å²) in [5.41, 5.74) is 4.30. The van der Waals surface area contributed by atoms with Gasteiger partial charge in [0.2, 0.25) is 0 Å². The van der Waals surface area contributed by atoms with E-state index in [9.17, 15) is 4.79 Å². The first kappa shape index (κ1) is 23.8. The monoisotopic (exact) mass is 562 g/mol. The molecule has 0 aliphatic rings. The van der Waals surface area contributed by atoms with Crippen LogP contribution in [0.2, 0.25) is 0 Å². The third-order valence-electron chi connectivity index (χ3n) is 4.26. The Balaban J connectivity index is 1.55. The predicted molar refractivity (Wildman–Crippen MR) is 136 cm³/mol. The number of halogens is 1. The first-order valence-electron chi connectivity index (χ1n) is 9.71. The van der Waals surface area contributed by atoms with Gasteiger partial charge >= 0.3 is 0 Å². The highest BCUT2D eigenvalue weighted by molar-refractivity contribution is 14.1. The van der Waals surface area contributed by atoms with Crippen molar-refractivity contribution in [1.82, 2.24) is 20.2 Å². The van der Waals surface area contributed by atoms with E-state index in [0.717, 1.165) is 17.1 Å². The number of carbonyl (C=O) groups excluding carboxylic acids is 1. The van der Waals surface area contributed by atoms with Crippen molar-refractivity contribution in [3.05, 3.63) is 76.1 Å². The topological polar surface area (TPSA) is 93.4 Å². The standard InChI is InChI=1S/C22H23IN6O2S/c1-3-12-29-20(14-24-18-10-8-17(23)9-11-18)26-28-22(29)32-15-21(30)27-25-13-16-6-4-5-7-19(16)31-2/h3-11,13,24H,1,12,14-15H2,2H3,(H,27,30). The molecular formula is C22H23IN6O2S. The summed E-state index contributed by atoms with van der Waals surface area (Å²) in [6.45, 7) is 4.87. The molecule has 0 aliphatic heterocycles. The Labute approximate surface area is 204 Å². The molecule has 2 N–H and O–H groups in total. The third kappa shape index (κ3) is 6.82. The van der Waals surface area contributed by atoms with Gasteiger partial charge in [0, 0.05) is 21.4 Å². The number of thioether (sulfide) groups is 1. The maximum Gasteiger partial charge on any atom is 0.250 e. The number of nitrogens with one attached hydrogen (secondary N) is 2. The van der Waals surface area contributed by atoms with Crippen LogP contribution in [0, 0.1) is 3.57 Å². The van der Waals surface area contributed by atoms with Gasteiger partial charge in [0.25, 0.3) is 5.91 Å². The summed E-state index contributed by atoms with van der Waals surface area (Å²) in [6.07, 6.45) is 3.33. The average Bonchev–Trinajstić information content (AvgIpc) is 3.19. The van der Waals surface area contributed by atoms with Crippen molar-refractivity contribution in [2.75, 3.05) is 18.2 Å². The third-order valence-corrected chi connectivity index (χ3v) is 5.95. The first-order chi connectivity index (χ1) is 15.6. The minimum atomic E-state index is -0.243. The van der Waals surface area contributed by atoms with Crippen molar-refractivity contribution in [3.8, 4) is 5.75 Å². The smallest absolute Gasteiger partial charge is 0.250 e. The zero-order valence-electron chi connectivity index (χ0n) is 17.5. The van der Waals surface area contributed by atoms with Crippen molar-refractivity contribution < 1.29 is 9.53 Å². The number of ether oxygens (including phenoxy) is 1. The fraction of sp³-hybridized carbons (Fsp3) is 0.182. The lowest BCUT2D eigenvalue weighted by Gasteiger charge is -2.09. The van der Waals surface area contributed by atoms with Crippen LogP contribution in [0.1, 0.15) is 11.4 Å². The number of allylic oxidation sites excluding steroid dienone is 1. The normalized spacial score (nSPS) is 10.8. The zero-order chi connectivity index (χ0) is 22.8. The summed E-state index contributed by atoms with van der Waals surface area (Å²) in [5.74, 6) is 1.36. The largest absolute Gasteiger partial charge is 0.496 e. The van der Waals surface area contributed by atoms with Gasteiger partial charge in [-0.15, -0.1) is 16.8 Å². The second-order valence-corrected chi connectivity index (χ2v) is 8.67. The Bertz CT molecular complexity index is 1080. The fourth-order valence-electron chi connectivity index (χ4n) is 2.73. The number of benzene rings is 2. The van der Waals surface area contributed by atoms with Gasteiger partial charge in [-0.3, -0.25) is 4.79 Å². The number of hydrogen-bond donors (Lipinski definition) is 2. The van der Waals surface area contributed by atoms with Crippen molar-refractivity contribution >= 4 is 52.2 Å². The summed E-state index contributed by atoms with van der Waals surface area (Å²) in [7, 11) is 1.59. The molecule has 0 atom stereocenters. The molecule has 1 amide bonds. The van der Waals surface area contributed by atoms with Gasteiger partial charge < -0.3 is 14.6 Å². The maximum atomic E-state index is 12.2. The molecule has 8 nitrogen and oxygen atoms in total. The molecule has 0 unspecified atom stereocenters. The van der Waals surface area contributed by atoms with Crippen LogP contribution in [-0.4, -0.2) is 39.7 Å². The number of amides is 1. The van der Waals surface area contributed by atoms with Crippen LogP contribution in [0.15, 0.2) is 71.4 Å². The molecular weight excluding hydrogens is 539 g/mol. The van der Waals surface area contributed by atoms with Crippen molar-refractivity contribution in [2.45, 2.75) is 18.2 Å². The van der Waals surface area contributed by atoms with Gasteiger partial charge in [0.15, 0.2) is 11.0 Å². The molecule has 3 aromatic rings. The van der Waals surface area contributed by atoms with E-state index in [-0.39, 0.29) is 11.7 Å². The van der Waals surface area contributed by atoms with E-state index in [4.69, 9.17) is 4.74 Å². The van der Waals surface area contributed by atoms with Crippen LogP contribution in [0.3, 0.4) is 0 Å². The van der Waals surface area contributed by atoms with Gasteiger partial charge in [0.1, 0.15) is 5.75 Å². The van der Waals surface area contributed by atoms with Crippen LogP contribution in [0.4, 0.5) is 5.69 Å². The highest BCUT2D eigenvalue weighted by Crippen LogP contribution is 2.19. The number of rotatable bonds is 11. The molecule has 0 saturated carbocycles. The number of carbonyl (C=O) groups is 1. The van der Waals surface area contributed by atoms with Gasteiger partial charge in [-0.2, -0.15) is 5.10 Å². The molecule has 3 rings (SSSR count). The Hall–Kier alpha value is -2.86. The number of methoxy groups -OCH3 is 1. The summed E-state index contributed by atoms with van der Waals surface area (Å²) >= 11 is 3.57. The Kier molecular flexibility index (Phi) is 9.11. The Morgan fingerprint density at radius 3 is 2.78 bits per heavy atom. The second-order valence-electron chi connectivity index (χ2n) is 6.48. The molecule has 0 bridgehead atoms. The van der Waals surface area contributed by atoms with E-state index in [1.54, 1.807) is 19.4 Å². The van der Waals surface area contributed by atoms with E-state index in [2.05, 4.69) is 55.2 Å². The molecule has 2 aromatic carbocycles. The van der Waals surface area contributed by atoms with E-state index in [1.807, 2.05) is 53.1 Å². The highest BCUT2D eigenvalue weighted by atomic mass is 127. The number of para-hydroxylation sites is 1.